The van der Waals surface area contributed by atoms with Gasteiger partial charge in [-0.3, -0.25) is 4.79 Å². The van der Waals surface area contributed by atoms with E-state index < -0.39 is 0 Å². The van der Waals surface area contributed by atoms with Gasteiger partial charge in [-0.2, -0.15) is 0 Å². The number of ether oxygens (including phenoxy) is 1. The SMILES string of the molecule is CNC(=O)COc1cc(C)c(Cc2ccc(O)c(C(C)c3ccc(F)cc3)c2)c(Br)c1. The van der Waals surface area contributed by atoms with Crippen LogP contribution >= 0.6 is 15.9 Å². The summed E-state index contributed by atoms with van der Waals surface area (Å²) in [5.41, 5.74) is 4.90. The molecule has 2 N–H and O–H groups in total. The van der Waals surface area contributed by atoms with Gasteiger partial charge in [-0.15, -0.1) is 0 Å². The molecule has 0 aliphatic carbocycles. The largest absolute Gasteiger partial charge is 0.508 e. The lowest BCUT2D eigenvalue weighted by Gasteiger charge is -2.17. The maximum atomic E-state index is 13.3. The van der Waals surface area contributed by atoms with E-state index in [9.17, 15) is 14.3 Å². The van der Waals surface area contributed by atoms with Crippen molar-refractivity contribution in [1.29, 1.82) is 0 Å². The second-order valence-electron chi connectivity index (χ2n) is 7.51. The highest BCUT2D eigenvalue weighted by molar-refractivity contribution is 9.10. The van der Waals surface area contributed by atoms with Gasteiger partial charge in [-0.1, -0.05) is 47.1 Å². The van der Waals surface area contributed by atoms with Crippen molar-refractivity contribution in [3.05, 3.63) is 92.7 Å². The number of aromatic hydroxyl groups is 1. The summed E-state index contributed by atoms with van der Waals surface area (Å²) in [4.78, 5) is 11.4. The molecular weight excluding hydrogens is 461 g/mol. The third-order valence-electron chi connectivity index (χ3n) is 5.35. The first-order valence-corrected chi connectivity index (χ1v) is 10.8. The van der Waals surface area contributed by atoms with Crippen LogP contribution in [0.2, 0.25) is 0 Å². The van der Waals surface area contributed by atoms with E-state index in [1.54, 1.807) is 25.2 Å². The normalized spacial score (nSPS) is 11.8. The molecule has 3 aromatic carbocycles. The molecule has 3 rings (SSSR count). The molecule has 0 heterocycles. The highest BCUT2D eigenvalue weighted by Gasteiger charge is 2.15. The van der Waals surface area contributed by atoms with Crippen LogP contribution in [0, 0.1) is 12.7 Å². The van der Waals surface area contributed by atoms with Gasteiger partial charge in [0, 0.05) is 23.0 Å². The van der Waals surface area contributed by atoms with Crippen molar-refractivity contribution < 1.29 is 19.0 Å². The van der Waals surface area contributed by atoms with Crippen molar-refractivity contribution in [1.82, 2.24) is 5.32 Å². The predicted molar refractivity (Wildman–Crippen MR) is 123 cm³/mol. The number of rotatable bonds is 7. The molecule has 0 saturated heterocycles. The molecule has 0 fully saturated rings. The number of likely N-dealkylation sites (N-methyl/N-ethyl adjacent to an activating group) is 1. The van der Waals surface area contributed by atoms with Crippen LogP contribution in [-0.4, -0.2) is 24.7 Å². The van der Waals surface area contributed by atoms with Crippen molar-refractivity contribution in [3.63, 3.8) is 0 Å². The van der Waals surface area contributed by atoms with Crippen LogP contribution < -0.4 is 10.1 Å². The summed E-state index contributed by atoms with van der Waals surface area (Å²) in [6, 6.07) is 15.7. The van der Waals surface area contributed by atoms with Crippen molar-refractivity contribution in [3.8, 4) is 11.5 Å². The van der Waals surface area contributed by atoms with E-state index in [0.717, 1.165) is 32.3 Å². The summed E-state index contributed by atoms with van der Waals surface area (Å²) in [5.74, 6) is 0.287. The molecular formula is C25H25BrFNO3. The maximum Gasteiger partial charge on any atom is 0.257 e. The van der Waals surface area contributed by atoms with Crippen molar-refractivity contribution in [2.75, 3.05) is 13.7 Å². The van der Waals surface area contributed by atoms with Gasteiger partial charge in [0.25, 0.3) is 5.91 Å². The number of nitrogens with one attached hydrogen (secondary N) is 1. The lowest BCUT2D eigenvalue weighted by atomic mass is 9.90. The zero-order valence-corrected chi connectivity index (χ0v) is 19.3. The Balaban J connectivity index is 1.83. The van der Waals surface area contributed by atoms with Crippen LogP contribution in [0.15, 0.2) is 59.1 Å². The summed E-state index contributed by atoms with van der Waals surface area (Å²) in [6.07, 6.45) is 0.658. The van der Waals surface area contributed by atoms with Crippen LogP contribution in [0.3, 0.4) is 0 Å². The fraction of sp³-hybridized carbons (Fsp3) is 0.240. The standard InChI is InChI=1S/C25H25BrFNO3/c1-15-10-20(31-14-25(30)28-3)13-23(26)21(15)11-17-4-9-24(29)22(12-17)16(2)18-5-7-19(27)8-6-18/h4-10,12-13,16,29H,11,14H2,1-3H3,(H,28,30). The molecule has 162 valence electrons. The molecule has 0 spiro atoms. The number of halogens is 2. The molecule has 1 atom stereocenters. The smallest absolute Gasteiger partial charge is 0.257 e. The topological polar surface area (TPSA) is 58.6 Å². The molecule has 0 aliphatic rings. The van der Waals surface area contributed by atoms with Crippen LogP contribution in [0.1, 0.15) is 40.7 Å². The summed E-state index contributed by atoms with van der Waals surface area (Å²) in [7, 11) is 1.57. The van der Waals surface area contributed by atoms with Crippen molar-refractivity contribution >= 4 is 21.8 Å². The number of benzene rings is 3. The Bertz CT molecular complexity index is 1060. The average molecular weight is 486 g/mol. The van der Waals surface area contributed by atoms with E-state index in [-0.39, 0.29) is 30.0 Å². The number of aryl methyl sites for hydroxylation is 1. The third-order valence-corrected chi connectivity index (χ3v) is 6.06. The molecule has 0 bridgehead atoms. The van der Waals surface area contributed by atoms with Gasteiger partial charge in [0.2, 0.25) is 0 Å². The van der Waals surface area contributed by atoms with Crippen molar-refractivity contribution in [2.24, 2.45) is 0 Å². The van der Waals surface area contributed by atoms with Gasteiger partial charge in [0.15, 0.2) is 6.61 Å². The van der Waals surface area contributed by atoms with Gasteiger partial charge in [-0.05, 0) is 65.9 Å². The average Bonchev–Trinajstić information content (AvgIpc) is 2.75. The van der Waals surface area contributed by atoms with Crippen LogP contribution in [0.25, 0.3) is 0 Å². The Morgan fingerprint density at radius 1 is 1.16 bits per heavy atom. The minimum atomic E-state index is -0.281. The Kier molecular flexibility index (Phi) is 7.33. The second kappa shape index (κ2) is 9.96. The number of carbonyl (C=O) groups is 1. The number of phenolic OH excluding ortho intramolecular Hbond substituents is 1. The molecule has 0 aromatic heterocycles. The van der Waals surface area contributed by atoms with Crippen LogP contribution in [-0.2, 0) is 11.2 Å². The van der Waals surface area contributed by atoms with E-state index in [1.807, 2.05) is 38.1 Å². The van der Waals surface area contributed by atoms with Crippen LogP contribution in [0.5, 0.6) is 11.5 Å². The number of carbonyl (C=O) groups excluding carboxylic acids is 1. The number of hydrogen-bond acceptors (Lipinski definition) is 3. The Morgan fingerprint density at radius 2 is 1.87 bits per heavy atom. The first-order chi connectivity index (χ1) is 14.8. The summed E-state index contributed by atoms with van der Waals surface area (Å²) in [6.45, 7) is 3.95. The summed E-state index contributed by atoms with van der Waals surface area (Å²) < 4.78 is 19.7. The first-order valence-electron chi connectivity index (χ1n) is 9.98. The van der Waals surface area contributed by atoms with Crippen molar-refractivity contribution in [2.45, 2.75) is 26.2 Å². The zero-order chi connectivity index (χ0) is 22.5. The lowest BCUT2D eigenvalue weighted by molar-refractivity contribution is -0.122. The number of hydrogen-bond donors (Lipinski definition) is 2. The highest BCUT2D eigenvalue weighted by atomic mass is 79.9. The number of amides is 1. The third kappa shape index (κ3) is 5.64. The number of phenols is 1. The highest BCUT2D eigenvalue weighted by Crippen LogP contribution is 2.34. The lowest BCUT2D eigenvalue weighted by Crippen LogP contribution is -2.24. The summed E-state index contributed by atoms with van der Waals surface area (Å²) >= 11 is 3.62. The molecule has 3 aromatic rings. The fourth-order valence-electron chi connectivity index (χ4n) is 3.47. The Labute approximate surface area is 190 Å². The van der Waals surface area contributed by atoms with Gasteiger partial charge in [0.1, 0.15) is 17.3 Å². The van der Waals surface area contributed by atoms with E-state index in [1.165, 1.54) is 12.1 Å². The van der Waals surface area contributed by atoms with Gasteiger partial charge < -0.3 is 15.2 Å². The van der Waals surface area contributed by atoms with E-state index in [4.69, 9.17) is 4.74 Å². The molecule has 31 heavy (non-hydrogen) atoms. The minimum Gasteiger partial charge on any atom is -0.508 e. The van der Waals surface area contributed by atoms with Gasteiger partial charge in [-0.25, -0.2) is 4.39 Å². The molecule has 0 aliphatic heterocycles. The predicted octanol–water partition coefficient (Wildman–Crippen LogP) is 5.47. The Morgan fingerprint density at radius 3 is 2.52 bits per heavy atom. The molecule has 6 heteroatoms. The zero-order valence-electron chi connectivity index (χ0n) is 17.7. The van der Waals surface area contributed by atoms with E-state index >= 15 is 0 Å². The molecule has 1 amide bonds. The van der Waals surface area contributed by atoms with Crippen LogP contribution in [0.4, 0.5) is 4.39 Å². The van der Waals surface area contributed by atoms with Gasteiger partial charge in [0.05, 0.1) is 0 Å². The molecule has 1 unspecified atom stereocenters. The summed E-state index contributed by atoms with van der Waals surface area (Å²) in [5, 5.41) is 13.0. The minimum absolute atomic E-state index is 0.0374. The first kappa shape index (κ1) is 22.8. The van der Waals surface area contributed by atoms with E-state index in [2.05, 4.69) is 21.2 Å². The quantitative estimate of drug-likeness (QED) is 0.466. The monoisotopic (exact) mass is 485 g/mol. The molecule has 0 radical (unpaired) electrons. The second-order valence-corrected chi connectivity index (χ2v) is 8.36. The molecule has 0 saturated carbocycles. The Hall–Kier alpha value is -2.86. The maximum absolute atomic E-state index is 13.3. The fourth-order valence-corrected chi connectivity index (χ4v) is 4.15. The van der Waals surface area contributed by atoms with E-state index in [0.29, 0.717) is 12.2 Å². The van der Waals surface area contributed by atoms with Gasteiger partial charge >= 0.3 is 0 Å². The molecule has 4 nitrogen and oxygen atoms in total.